The lowest BCUT2D eigenvalue weighted by atomic mass is 9.97. The van der Waals surface area contributed by atoms with Crippen molar-refractivity contribution in [1.29, 1.82) is 0 Å². The third-order valence-electron chi connectivity index (χ3n) is 3.65. The van der Waals surface area contributed by atoms with Crippen molar-refractivity contribution in [2.24, 2.45) is 0 Å². The highest BCUT2D eigenvalue weighted by Crippen LogP contribution is 2.25. The van der Waals surface area contributed by atoms with Crippen molar-refractivity contribution >= 4 is 17.2 Å². The van der Waals surface area contributed by atoms with Crippen LogP contribution in [-0.4, -0.2) is 39.1 Å². The summed E-state index contributed by atoms with van der Waals surface area (Å²) in [6.45, 7) is 5.56. The van der Waals surface area contributed by atoms with E-state index in [1.165, 1.54) is 19.4 Å². The van der Waals surface area contributed by atoms with Gasteiger partial charge >= 0.3 is 0 Å². The molecular formula is C13H17ClN4. The number of fused-ring (bicyclic) bond motifs is 1. The van der Waals surface area contributed by atoms with E-state index in [1.54, 1.807) is 4.52 Å². The summed E-state index contributed by atoms with van der Waals surface area (Å²) < 4.78 is 1.72. The third-order valence-corrected chi connectivity index (χ3v) is 3.93. The van der Waals surface area contributed by atoms with Crippen LogP contribution in [0.3, 0.4) is 0 Å². The van der Waals surface area contributed by atoms with Gasteiger partial charge in [-0.05, 0) is 38.1 Å². The maximum absolute atomic E-state index is 6.12. The fourth-order valence-corrected chi connectivity index (χ4v) is 2.81. The monoisotopic (exact) mass is 264 g/mol. The van der Waals surface area contributed by atoms with Crippen LogP contribution < -0.4 is 0 Å². The molecule has 2 aromatic heterocycles. The normalized spacial score (nSPS) is 21.6. The van der Waals surface area contributed by atoms with E-state index in [-0.39, 0.29) is 0 Å². The minimum absolute atomic E-state index is 0.440. The Labute approximate surface area is 112 Å². The van der Waals surface area contributed by atoms with Crippen molar-refractivity contribution in [3.8, 4) is 0 Å². The molecule has 0 spiro atoms. The number of likely N-dealkylation sites (tertiary alicyclic amines) is 1. The van der Waals surface area contributed by atoms with E-state index in [0.29, 0.717) is 11.1 Å². The summed E-state index contributed by atoms with van der Waals surface area (Å²) >= 11 is 6.12. The van der Waals surface area contributed by atoms with Crippen molar-refractivity contribution in [3.05, 3.63) is 29.2 Å². The number of aromatic nitrogens is 3. The molecule has 1 fully saturated rings. The Balaban J connectivity index is 1.92. The predicted molar refractivity (Wildman–Crippen MR) is 72.1 cm³/mol. The molecule has 3 heterocycles. The summed E-state index contributed by atoms with van der Waals surface area (Å²) in [5, 5.41) is 5.17. The molecule has 1 aliphatic heterocycles. The summed E-state index contributed by atoms with van der Waals surface area (Å²) in [5.41, 5.74) is 0.839. The molecule has 0 amide bonds. The lowest BCUT2D eigenvalue weighted by Gasteiger charge is -2.30. The zero-order valence-electron chi connectivity index (χ0n) is 10.5. The lowest BCUT2D eigenvalue weighted by molar-refractivity contribution is 0.214. The lowest BCUT2D eigenvalue weighted by Crippen LogP contribution is -2.34. The molecule has 96 valence electrons. The largest absolute Gasteiger partial charge is 0.303 e. The molecule has 0 aliphatic carbocycles. The van der Waals surface area contributed by atoms with Gasteiger partial charge < -0.3 is 4.90 Å². The molecule has 5 heteroatoms. The smallest absolute Gasteiger partial charge is 0.157 e. The molecule has 1 unspecified atom stereocenters. The number of halogens is 1. The zero-order chi connectivity index (χ0) is 12.5. The Hall–Kier alpha value is -1.13. The van der Waals surface area contributed by atoms with Gasteiger partial charge in [-0.15, -0.1) is 5.10 Å². The molecule has 2 aromatic rings. The Morgan fingerprint density at radius 1 is 1.44 bits per heavy atom. The Bertz CT molecular complexity index is 551. The minimum Gasteiger partial charge on any atom is -0.303 e. The quantitative estimate of drug-likeness (QED) is 0.782. The second kappa shape index (κ2) is 4.86. The Morgan fingerprint density at radius 2 is 2.33 bits per heavy atom. The minimum atomic E-state index is 0.440. The van der Waals surface area contributed by atoms with Crippen LogP contribution >= 0.6 is 11.6 Å². The van der Waals surface area contributed by atoms with Crippen LogP contribution in [0.4, 0.5) is 0 Å². The molecule has 0 saturated carbocycles. The van der Waals surface area contributed by atoms with Gasteiger partial charge in [0, 0.05) is 12.5 Å². The third kappa shape index (κ3) is 2.10. The predicted octanol–water partition coefficient (Wildman–Crippen LogP) is 2.58. The fourth-order valence-electron chi connectivity index (χ4n) is 2.62. The molecule has 0 radical (unpaired) electrons. The molecule has 1 saturated heterocycles. The van der Waals surface area contributed by atoms with E-state index < -0.39 is 0 Å². The number of hydrogen-bond acceptors (Lipinski definition) is 3. The van der Waals surface area contributed by atoms with Crippen molar-refractivity contribution in [1.82, 2.24) is 19.5 Å². The van der Waals surface area contributed by atoms with Gasteiger partial charge in [0.05, 0.1) is 0 Å². The first-order chi connectivity index (χ1) is 8.78. The number of likely N-dealkylation sites (N-methyl/N-ethyl adjacent to an activating group) is 1. The Kier molecular flexibility index (Phi) is 3.22. The first kappa shape index (κ1) is 11.9. The van der Waals surface area contributed by atoms with Crippen molar-refractivity contribution in [2.75, 3.05) is 19.6 Å². The van der Waals surface area contributed by atoms with E-state index in [2.05, 4.69) is 21.9 Å². The maximum atomic E-state index is 6.12. The average Bonchev–Trinajstić information content (AvgIpc) is 2.84. The number of rotatable bonds is 2. The first-order valence-corrected chi connectivity index (χ1v) is 6.89. The van der Waals surface area contributed by atoms with Crippen LogP contribution in [0.15, 0.2) is 18.2 Å². The van der Waals surface area contributed by atoms with Gasteiger partial charge in [-0.1, -0.05) is 24.6 Å². The molecular weight excluding hydrogens is 248 g/mol. The molecule has 0 aromatic carbocycles. The second-order valence-corrected chi connectivity index (χ2v) is 5.21. The summed E-state index contributed by atoms with van der Waals surface area (Å²) in [7, 11) is 0. The number of hydrogen-bond donors (Lipinski definition) is 0. The number of pyridine rings is 1. The molecule has 18 heavy (non-hydrogen) atoms. The number of piperidine rings is 1. The topological polar surface area (TPSA) is 33.4 Å². The highest BCUT2D eigenvalue weighted by Gasteiger charge is 2.23. The van der Waals surface area contributed by atoms with E-state index in [1.807, 2.05) is 18.2 Å². The average molecular weight is 265 g/mol. The van der Waals surface area contributed by atoms with E-state index in [0.717, 1.165) is 24.6 Å². The van der Waals surface area contributed by atoms with Gasteiger partial charge in [-0.25, -0.2) is 9.50 Å². The van der Waals surface area contributed by atoms with Crippen LogP contribution in [0.1, 0.15) is 31.5 Å². The van der Waals surface area contributed by atoms with E-state index in [4.69, 9.17) is 11.6 Å². The van der Waals surface area contributed by atoms with Gasteiger partial charge in [0.2, 0.25) is 0 Å². The standard InChI is InChI=1S/C13H17ClN4/c1-2-17-8-4-5-10(9-17)13-15-12-7-3-6-11(14)18(12)16-13/h3,6-7,10H,2,4-5,8-9H2,1H3. The van der Waals surface area contributed by atoms with Gasteiger partial charge in [0.15, 0.2) is 11.5 Å². The highest BCUT2D eigenvalue weighted by molar-refractivity contribution is 6.29. The van der Waals surface area contributed by atoms with Crippen LogP contribution in [0.2, 0.25) is 5.15 Å². The van der Waals surface area contributed by atoms with Gasteiger partial charge in [-0.2, -0.15) is 0 Å². The SMILES string of the molecule is CCN1CCCC(c2nc3cccc(Cl)n3n2)C1. The molecule has 3 rings (SSSR count). The van der Waals surface area contributed by atoms with Crippen LogP contribution in [0, 0.1) is 0 Å². The molecule has 4 nitrogen and oxygen atoms in total. The molecule has 1 aliphatic rings. The van der Waals surface area contributed by atoms with Crippen molar-refractivity contribution in [2.45, 2.75) is 25.7 Å². The van der Waals surface area contributed by atoms with Crippen LogP contribution in [0.5, 0.6) is 0 Å². The van der Waals surface area contributed by atoms with Gasteiger partial charge in [0.25, 0.3) is 0 Å². The summed E-state index contributed by atoms with van der Waals surface area (Å²) in [6.07, 6.45) is 2.40. The van der Waals surface area contributed by atoms with Crippen LogP contribution in [-0.2, 0) is 0 Å². The van der Waals surface area contributed by atoms with Gasteiger partial charge in [0.1, 0.15) is 5.15 Å². The zero-order valence-corrected chi connectivity index (χ0v) is 11.3. The van der Waals surface area contributed by atoms with Crippen molar-refractivity contribution < 1.29 is 0 Å². The van der Waals surface area contributed by atoms with Crippen LogP contribution in [0.25, 0.3) is 5.65 Å². The second-order valence-electron chi connectivity index (χ2n) is 4.82. The highest BCUT2D eigenvalue weighted by atomic mass is 35.5. The summed E-state index contributed by atoms with van der Waals surface area (Å²) in [5.74, 6) is 1.37. The van der Waals surface area contributed by atoms with E-state index >= 15 is 0 Å². The van der Waals surface area contributed by atoms with Crippen molar-refractivity contribution in [3.63, 3.8) is 0 Å². The first-order valence-electron chi connectivity index (χ1n) is 6.51. The molecule has 1 atom stereocenters. The van der Waals surface area contributed by atoms with Gasteiger partial charge in [-0.3, -0.25) is 0 Å². The molecule has 0 N–H and O–H groups in total. The summed E-state index contributed by atoms with van der Waals surface area (Å²) in [4.78, 5) is 7.07. The Morgan fingerprint density at radius 3 is 3.11 bits per heavy atom. The maximum Gasteiger partial charge on any atom is 0.157 e. The van der Waals surface area contributed by atoms with E-state index in [9.17, 15) is 0 Å². The number of nitrogens with zero attached hydrogens (tertiary/aromatic N) is 4. The fraction of sp³-hybridized carbons (Fsp3) is 0.538. The molecule has 0 bridgehead atoms. The summed E-state index contributed by atoms with van der Waals surface area (Å²) in [6, 6.07) is 5.70.